The minimum absolute atomic E-state index is 0.172. The standard InChI is InChI=1S/C12H16ClNO2/c1-8-5-4-6-10(11(8)13)12(16)14(3)7-9(2)15/h4-6,9,15H,7H2,1-3H3. The van der Waals surface area contributed by atoms with Crippen molar-refractivity contribution < 1.29 is 9.90 Å². The number of amides is 1. The molecule has 4 heteroatoms. The van der Waals surface area contributed by atoms with E-state index in [1.54, 1.807) is 26.1 Å². The SMILES string of the molecule is Cc1cccc(C(=O)N(C)CC(C)O)c1Cl. The van der Waals surface area contributed by atoms with Crippen molar-refractivity contribution >= 4 is 17.5 Å². The smallest absolute Gasteiger partial charge is 0.255 e. The van der Waals surface area contributed by atoms with Crippen LogP contribution in [0.25, 0.3) is 0 Å². The minimum Gasteiger partial charge on any atom is -0.392 e. The molecule has 0 aliphatic carbocycles. The monoisotopic (exact) mass is 241 g/mol. The maximum Gasteiger partial charge on any atom is 0.255 e. The Labute approximate surface area is 101 Å². The summed E-state index contributed by atoms with van der Waals surface area (Å²) in [5, 5.41) is 9.69. The number of rotatable bonds is 3. The fourth-order valence-corrected chi connectivity index (χ4v) is 1.70. The molecule has 0 aromatic heterocycles. The van der Waals surface area contributed by atoms with E-state index in [0.29, 0.717) is 17.1 Å². The number of likely N-dealkylation sites (N-methyl/N-ethyl adjacent to an activating group) is 1. The third-order valence-corrected chi connectivity index (χ3v) is 2.81. The number of carbonyl (C=O) groups excluding carboxylic acids is 1. The zero-order chi connectivity index (χ0) is 12.3. The average molecular weight is 242 g/mol. The number of aliphatic hydroxyl groups is 1. The number of halogens is 1. The van der Waals surface area contributed by atoms with E-state index >= 15 is 0 Å². The number of aryl methyl sites for hydroxylation is 1. The van der Waals surface area contributed by atoms with Gasteiger partial charge in [0, 0.05) is 13.6 Å². The van der Waals surface area contributed by atoms with Crippen molar-refractivity contribution in [2.45, 2.75) is 20.0 Å². The molecule has 0 aliphatic rings. The highest BCUT2D eigenvalue weighted by molar-refractivity contribution is 6.34. The molecule has 1 aromatic carbocycles. The molecule has 0 bridgehead atoms. The zero-order valence-corrected chi connectivity index (χ0v) is 10.5. The lowest BCUT2D eigenvalue weighted by Crippen LogP contribution is -2.33. The van der Waals surface area contributed by atoms with Gasteiger partial charge in [-0.1, -0.05) is 23.7 Å². The molecule has 1 unspecified atom stereocenters. The number of benzene rings is 1. The number of nitrogens with zero attached hydrogens (tertiary/aromatic N) is 1. The Hall–Kier alpha value is -1.06. The van der Waals surface area contributed by atoms with Gasteiger partial charge in [0.15, 0.2) is 0 Å². The van der Waals surface area contributed by atoms with Gasteiger partial charge in [-0.25, -0.2) is 0 Å². The molecule has 16 heavy (non-hydrogen) atoms. The minimum atomic E-state index is -0.544. The molecule has 0 radical (unpaired) electrons. The second-order valence-corrected chi connectivity index (χ2v) is 4.35. The van der Waals surface area contributed by atoms with Crippen LogP contribution in [-0.2, 0) is 0 Å². The Morgan fingerprint density at radius 3 is 2.75 bits per heavy atom. The van der Waals surface area contributed by atoms with E-state index in [4.69, 9.17) is 11.6 Å². The summed E-state index contributed by atoms with van der Waals surface area (Å²) < 4.78 is 0. The van der Waals surface area contributed by atoms with Crippen LogP contribution in [0.3, 0.4) is 0 Å². The van der Waals surface area contributed by atoms with Gasteiger partial charge in [-0.2, -0.15) is 0 Å². The van der Waals surface area contributed by atoms with Gasteiger partial charge in [-0.15, -0.1) is 0 Å². The lowest BCUT2D eigenvalue weighted by atomic mass is 10.1. The van der Waals surface area contributed by atoms with E-state index in [1.165, 1.54) is 4.90 Å². The van der Waals surface area contributed by atoms with Crippen LogP contribution in [0, 0.1) is 6.92 Å². The lowest BCUT2D eigenvalue weighted by Gasteiger charge is -2.19. The second kappa shape index (κ2) is 5.32. The summed E-state index contributed by atoms with van der Waals surface area (Å²) in [7, 11) is 1.65. The summed E-state index contributed by atoms with van der Waals surface area (Å²) in [6.45, 7) is 3.79. The first kappa shape index (κ1) is 13.0. The van der Waals surface area contributed by atoms with Crippen molar-refractivity contribution in [3.63, 3.8) is 0 Å². The quantitative estimate of drug-likeness (QED) is 0.881. The van der Waals surface area contributed by atoms with Crippen LogP contribution in [0.4, 0.5) is 0 Å². The molecule has 0 saturated heterocycles. The lowest BCUT2D eigenvalue weighted by molar-refractivity contribution is 0.0704. The summed E-state index contributed by atoms with van der Waals surface area (Å²) in [5.74, 6) is -0.172. The van der Waals surface area contributed by atoms with E-state index in [1.807, 2.05) is 13.0 Å². The van der Waals surface area contributed by atoms with E-state index < -0.39 is 6.10 Å². The maximum absolute atomic E-state index is 12.0. The van der Waals surface area contributed by atoms with Crippen LogP contribution in [0.5, 0.6) is 0 Å². The molecule has 3 nitrogen and oxygen atoms in total. The first-order chi connectivity index (χ1) is 7.43. The van der Waals surface area contributed by atoms with Crippen LogP contribution < -0.4 is 0 Å². The van der Waals surface area contributed by atoms with E-state index in [2.05, 4.69) is 0 Å². The van der Waals surface area contributed by atoms with Gasteiger partial charge in [0.25, 0.3) is 5.91 Å². The molecule has 0 aliphatic heterocycles. The van der Waals surface area contributed by atoms with Gasteiger partial charge in [0.1, 0.15) is 0 Å². The highest BCUT2D eigenvalue weighted by atomic mass is 35.5. The molecular formula is C12H16ClNO2. The van der Waals surface area contributed by atoms with Crippen LogP contribution in [0.2, 0.25) is 5.02 Å². The molecule has 1 amide bonds. The molecule has 1 aromatic rings. The largest absolute Gasteiger partial charge is 0.392 e. The van der Waals surface area contributed by atoms with E-state index in [9.17, 15) is 9.90 Å². The highest BCUT2D eigenvalue weighted by Gasteiger charge is 2.16. The Morgan fingerprint density at radius 1 is 1.56 bits per heavy atom. The maximum atomic E-state index is 12.0. The van der Waals surface area contributed by atoms with Crippen LogP contribution >= 0.6 is 11.6 Å². The second-order valence-electron chi connectivity index (χ2n) is 3.97. The number of hydrogen-bond donors (Lipinski definition) is 1. The Morgan fingerprint density at radius 2 is 2.19 bits per heavy atom. The van der Waals surface area contributed by atoms with Gasteiger partial charge >= 0.3 is 0 Å². The Kier molecular flexibility index (Phi) is 4.33. The van der Waals surface area contributed by atoms with Crippen molar-refractivity contribution in [1.82, 2.24) is 4.90 Å². The van der Waals surface area contributed by atoms with E-state index in [0.717, 1.165) is 5.56 Å². The van der Waals surface area contributed by atoms with Crippen LogP contribution in [-0.4, -0.2) is 35.6 Å². The first-order valence-corrected chi connectivity index (χ1v) is 5.50. The predicted molar refractivity (Wildman–Crippen MR) is 64.8 cm³/mol. The van der Waals surface area contributed by atoms with Gasteiger partial charge < -0.3 is 10.0 Å². The summed E-state index contributed by atoms with van der Waals surface area (Å²) in [4.78, 5) is 13.4. The molecular weight excluding hydrogens is 226 g/mol. The normalized spacial score (nSPS) is 12.3. The topological polar surface area (TPSA) is 40.5 Å². The van der Waals surface area contributed by atoms with Crippen molar-refractivity contribution in [2.75, 3.05) is 13.6 Å². The van der Waals surface area contributed by atoms with Crippen molar-refractivity contribution in [3.8, 4) is 0 Å². The zero-order valence-electron chi connectivity index (χ0n) is 9.70. The Bertz CT molecular complexity index is 391. The molecule has 0 heterocycles. The van der Waals surface area contributed by atoms with E-state index in [-0.39, 0.29) is 5.91 Å². The first-order valence-electron chi connectivity index (χ1n) is 5.12. The number of hydrogen-bond acceptors (Lipinski definition) is 2. The van der Waals surface area contributed by atoms with Crippen molar-refractivity contribution in [2.24, 2.45) is 0 Å². The molecule has 0 fully saturated rings. The fraction of sp³-hybridized carbons (Fsp3) is 0.417. The summed E-state index contributed by atoms with van der Waals surface area (Å²) in [5.41, 5.74) is 1.35. The summed E-state index contributed by atoms with van der Waals surface area (Å²) in [6, 6.07) is 5.34. The van der Waals surface area contributed by atoms with Crippen molar-refractivity contribution in [3.05, 3.63) is 34.3 Å². The van der Waals surface area contributed by atoms with Gasteiger partial charge in [-0.3, -0.25) is 4.79 Å². The summed E-state index contributed by atoms with van der Waals surface area (Å²) >= 11 is 6.06. The van der Waals surface area contributed by atoms with Crippen LogP contribution in [0.1, 0.15) is 22.8 Å². The molecule has 1 N–H and O–H groups in total. The fourth-order valence-electron chi connectivity index (χ4n) is 1.50. The van der Waals surface area contributed by atoms with Crippen molar-refractivity contribution in [1.29, 1.82) is 0 Å². The molecule has 0 spiro atoms. The van der Waals surface area contributed by atoms with Gasteiger partial charge in [-0.05, 0) is 25.5 Å². The van der Waals surface area contributed by atoms with Crippen LogP contribution in [0.15, 0.2) is 18.2 Å². The predicted octanol–water partition coefficient (Wildman–Crippen LogP) is 2.10. The molecule has 88 valence electrons. The molecule has 0 saturated carbocycles. The molecule has 1 rings (SSSR count). The number of aliphatic hydroxyl groups excluding tert-OH is 1. The third kappa shape index (κ3) is 2.97. The van der Waals surface area contributed by atoms with Gasteiger partial charge in [0.2, 0.25) is 0 Å². The third-order valence-electron chi connectivity index (χ3n) is 2.31. The average Bonchev–Trinajstić information content (AvgIpc) is 2.20. The summed E-state index contributed by atoms with van der Waals surface area (Å²) in [6.07, 6.45) is -0.544. The van der Waals surface area contributed by atoms with Gasteiger partial charge in [0.05, 0.1) is 16.7 Å². The molecule has 1 atom stereocenters. The highest BCUT2D eigenvalue weighted by Crippen LogP contribution is 2.21. The Balaban J connectivity index is 2.92. The number of carbonyl (C=O) groups is 1.